The van der Waals surface area contributed by atoms with Gasteiger partial charge in [-0.25, -0.2) is 18.1 Å². The average Bonchev–Trinajstić information content (AvgIpc) is 2.87. The molecule has 0 radical (unpaired) electrons. The Balaban J connectivity index is 0.000000444. The van der Waals surface area contributed by atoms with Crippen molar-refractivity contribution in [3.63, 3.8) is 0 Å². The first-order chi connectivity index (χ1) is 17.3. The number of nitrogens with zero attached hydrogens (tertiary/aromatic N) is 2. The van der Waals surface area contributed by atoms with Gasteiger partial charge in [0.1, 0.15) is 11.9 Å². The van der Waals surface area contributed by atoms with Crippen LogP contribution >= 0.6 is 0 Å². The highest BCUT2D eigenvalue weighted by molar-refractivity contribution is 7.82. The molecule has 0 spiro atoms. The molecule has 6 nitrogen and oxygen atoms in total. The number of carbonyl (C=O) groups excluding carboxylic acids is 1. The molecule has 1 aromatic heterocycles. The number of cyclic esters (lactones) is 1. The molecule has 36 heavy (non-hydrogen) atoms. The van der Waals surface area contributed by atoms with Crippen molar-refractivity contribution in [3.8, 4) is 11.1 Å². The molecule has 3 atom stereocenters. The molecule has 3 unspecified atom stereocenters. The van der Waals surface area contributed by atoms with Crippen molar-refractivity contribution in [1.82, 2.24) is 14.6 Å². The molecule has 1 aliphatic rings. The lowest BCUT2D eigenvalue weighted by Crippen LogP contribution is -2.43. The Hall–Kier alpha value is -3.10. The van der Waals surface area contributed by atoms with E-state index in [-0.39, 0.29) is 24.1 Å². The molecule has 192 valence electrons. The lowest BCUT2D eigenvalue weighted by atomic mass is 10.00. The predicted molar refractivity (Wildman–Crippen MR) is 142 cm³/mol. The van der Waals surface area contributed by atoms with Crippen LogP contribution in [0.5, 0.6) is 0 Å². The second-order valence-electron chi connectivity index (χ2n) is 8.76. The van der Waals surface area contributed by atoms with Gasteiger partial charge in [0, 0.05) is 37.7 Å². The molecule has 1 N–H and O–H groups in total. The molecular formula is C28H34FN3O3S. The molecule has 4 rings (SSSR count). The van der Waals surface area contributed by atoms with Gasteiger partial charge in [-0.2, -0.15) is 0 Å². The number of aryl methyl sites for hydroxylation is 1. The third-order valence-electron chi connectivity index (χ3n) is 6.03. The zero-order chi connectivity index (χ0) is 25.9. The Bertz CT molecular complexity index is 1130. The Morgan fingerprint density at radius 3 is 2.44 bits per heavy atom. The minimum absolute atomic E-state index is 0.0409. The molecule has 8 heteroatoms. The zero-order valence-electron chi connectivity index (χ0n) is 21.0. The number of carbonyl (C=O) groups is 1. The molecule has 2 heterocycles. The summed E-state index contributed by atoms with van der Waals surface area (Å²) in [6, 6.07) is 20.3. The number of hydrogen-bond donors (Lipinski definition) is 1. The van der Waals surface area contributed by atoms with Gasteiger partial charge in [-0.15, -0.1) is 0 Å². The third kappa shape index (κ3) is 8.53. The van der Waals surface area contributed by atoms with Crippen LogP contribution < -0.4 is 4.72 Å². The molecule has 3 aromatic rings. The van der Waals surface area contributed by atoms with Crippen LogP contribution in [-0.2, 0) is 15.7 Å². The van der Waals surface area contributed by atoms with Crippen LogP contribution in [-0.4, -0.2) is 45.6 Å². The monoisotopic (exact) mass is 511 g/mol. The van der Waals surface area contributed by atoms with Crippen LogP contribution in [0.3, 0.4) is 0 Å². The van der Waals surface area contributed by atoms with Gasteiger partial charge in [-0.3, -0.25) is 4.98 Å². The maximum absolute atomic E-state index is 12.5. The Morgan fingerprint density at radius 2 is 1.86 bits per heavy atom. The van der Waals surface area contributed by atoms with E-state index in [2.05, 4.69) is 40.0 Å². The molecular weight excluding hydrogens is 477 g/mol. The van der Waals surface area contributed by atoms with Gasteiger partial charge in [0.05, 0.1) is 17.0 Å². The molecule has 0 aliphatic carbocycles. The molecule has 0 saturated carbocycles. The number of nitrogens with one attached hydrogen (secondary N) is 1. The second-order valence-corrected chi connectivity index (χ2v) is 9.95. The van der Waals surface area contributed by atoms with E-state index in [9.17, 15) is 13.4 Å². The SMILES string of the molecule is Cc1cc(-c2ccc(C(C)N3CCC(CCCNS(C)=O)OC3=O)cc2)ccn1.Fc1ccccc1. The molecule has 0 bridgehead atoms. The predicted octanol–water partition coefficient (Wildman–Crippen LogP) is 5.82. The first kappa shape index (κ1) is 27.5. The van der Waals surface area contributed by atoms with Crippen molar-refractivity contribution in [2.24, 2.45) is 0 Å². The van der Waals surface area contributed by atoms with Crippen molar-refractivity contribution in [2.75, 3.05) is 19.3 Å². The summed E-state index contributed by atoms with van der Waals surface area (Å²) in [6.45, 7) is 5.37. The van der Waals surface area contributed by atoms with E-state index in [0.29, 0.717) is 13.1 Å². The van der Waals surface area contributed by atoms with Gasteiger partial charge in [0.25, 0.3) is 0 Å². The maximum atomic E-state index is 12.5. The minimum atomic E-state index is -0.997. The van der Waals surface area contributed by atoms with E-state index in [1.54, 1.807) is 29.4 Å². The summed E-state index contributed by atoms with van der Waals surface area (Å²) in [5.74, 6) is -0.178. The van der Waals surface area contributed by atoms with Crippen molar-refractivity contribution in [3.05, 3.63) is 90.0 Å². The smallest absolute Gasteiger partial charge is 0.410 e. The van der Waals surface area contributed by atoms with Gasteiger partial charge < -0.3 is 9.64 Å². The standard InChI is InChI=1S/C22H29N3O3S.C6H5F/c1-16-15-20(10-13-23-16)19-8-6-18(7-9-19)17(2)25-14-11-21(28-22(25)26)5-4-12-24-29(3)27;7-6-4-2-1-3-5-6/h6-10,13,15,17,21,24H,4-5,11-12,14H2,1-3H3;1-5H. The number of amides is 1. The summed E-state index contributed by atoms with van der Waals surface area (Å²) < 4.78 is 31.4. The first-order valence-electron chi connectivity index (χ1n) is 12.1. The summed E-state index contributed by atoms with van der Waals surface area (Å²) in [5.41, 5.74) is 4.35. The van der Waals surface area contributed by atoms with E-state index in [4.69, 9.17) is 4.74 Å². The van der Waals surface area contributed by atoms with Crippen LogP contribution in [0.4, 0.5) is 9.18 Å². The number of hydrogen-bond acceptors (Lipinski definition) is 4. The lowest BCUT2D eigenvalue weighted by Gasteiger charge is -2.36. The molecule has 1 fully saturated rings. The lowest BCUT2D eigenvalue weighted by molar-refractivity contribution is 0.00942. The van der Waals surface area contributed by atoms with Gasteiger partial charge in [-0.1, -0.05) is 42.5 Å². The van der Waals surface area contributed by atoms with E-state index in [1.165, 1.54) is 12.1 Å². The second kappa shape index (κ2) is 13.8. The van der Waals surface area contributed by atoms with Crippen LogP contribution in [0.1, 0.15) is 43.5 Å². The zero-order valence-corrected chi connectivity index (χ0v) is 21.8. The van der Waals surface area contributed by atoms with E-state index >= 15 is 0 Å². The average molecular weight is 512 g/mol. The van der Waals surface area contributed by atoms with Crippen molar-refractivity contribution < 1.29 is 18.1 Å². The highest BCUT2D eigenvalue weighted by Crippen LogP contribution is 2.28. The molecule has 1 amide bonds. The number of aromatic nitrogens is 1. The quantitative estimate of drug-likeness (QED) is 0.387. The molecule has 1 saturated heterocycles. The van der Waals surface area contributed by atoms with Gasteiger partial charge in [0.2, 0.25) is 0 Å². The first-order valence-corrected chi connectivity index (χ1v) is 13.7. The molecule has 1 aliphatic heterocycles. The van der Waals surface area contributed by atoms with E-state index < -0.39 is 11.0 Å². The minimum Gasteiger partial charge on any atom is -0.446 e. The van der Waals surface area contributed by atoms with Crippen molar-refractivity contribution in [2.45, 2.75) is 45.3 Å². The third-order valence-corrected chi connectivity index (χ3v) is 6.64. The normalized spacial score (nSPS) is 16.9. The van der Waals surface area contributed by atoms with Gasteiger partial charge in [-0.05, 0) is 67.6 Å². The summed E-state index contributed by atoms with van der Waals surface area (Å²) >= 11 is 0. The van der Waals surface area contributed by atoms with Crippen molar-refractivity contribution in [1.29, 1.82) is 0 Å². The Kier molecular flexibility index (Phi) is 10.6. The summed E-state index contributed by atoms with van der Waals surface area (Å²) in [7, 11) is -0.997. The van der Waals surface area contributed by atoms with Crippen LogP contribution in [0.25, 0.3) is 11.1 Å². The summed E-state index contributed by atoms with van der Waals surface area (Å²) in [5, 5.41) is 0. The van der Waals surface area contributed by atoms with Gasteiger partial charge in [0.15, 0.2) is 0 Å². The number of pyridine rings is 1. The fourth-order valence-corrected chi connectivity index (χ4v) is 4.45. The fraction of sp³-hybridized carbons (Fsp3) is 0.357. The summed E-state index contributed by atoms with van der Waals surface area (Å²) in [4.78, 5) is 18.6. The largest absolute Gasteiger partial charge is 0.446 e. The Labute approximate surface area is 215 Å². The van der Waals surface area contributed by atoms with E-state index in [1.807, 2.05) is 26.1 Å². The van der Waals surface area contributed by atoms with E-state index in [0.717, 1.165) is 41.6 Å². The highest BCUT2D eigenvalue weighted by Gasteiger charge is 2.30. The number of rotatable bonds is 8. The maximum Gasteiger partial charge on any atom is 0.410 e. The number of halogens is 1. The topological polar surface area (TPSA) is 71.5 Å². The molecule has 2 aromatic carbocycles. The number of ether oxygens (including phenoxy) is 1. The van der Waals surface area contributed by atoms with Gasteiger partial charge >= 0.3 is 6.09 Å². The van der Waals surface area contributed by atoms with Crippen LogP contribution in [0, 0.1) is 12.7 Å². The summed E-state index contributed by atoms with van der Waals surface area (Å²) in [6.07, 6.45) is 5.56. The Morgan fingerprint density at radius 1 is 1.14 bits per heavy atom. The van der Waals surface area contributed by atoms with Crippen LogP contribution in [0.15, 0.2) is 72.9 Å². The fourth-order valence-electron chi connectivity index (χ4n) is 4.02. The highest BCUT2D eigenvalue weighted by atomic mass is 32.2. The number of benzene rings is 2. The van der Waals surface area contributed by atoms with Crippen LogP contribution in [0.2, 0.25) is 0 Å². The van der Waals surface area contributed by atoms with Crippen molar-refractivity contribution >= 4 is 17.1 Å².